The molecule has 0 unspecified atom stereocenters. The van der Waals surface area contributed by atoms with E-state index in [1.807, 2.05) is 41.0 Å². The van der Waals surface area contributed by atoms with Crippen molar-refractivity contribution in [3.8, 4) is 5.75 Å². The lowest BCUT2D eigenvalue weighted by atomic mass is 10.1. The molecule has 0 aliphatic carbocycles. The van der Waals surface area contributed by atoms with Crippen molar-refractivity contribution in [3.05, 3.63) is 29.8 Å². The summed E-state index contributed by atoms with van der Waals surface area (Å²) < 4.78 is 5.43. The molecule has 1 aliphatic rings. The average Bonchev–Trinajstić information content (AvgIpc) is 2.70. The number of piperazine rings is 1. The van der Waals surface area contributed by atoms with Gasteiger partial charge in [-0.25, -0.2) is 0 Å². The number of carbonyl (C=O) groups excluding carboxylic acids is 2. The normalized spacial score (nSPS) is 14.5. The molecule has 6 heteroatoms. The van der Waals surface area contributed by atoms with Gasteiger partial charge in [-0.1, -0.05) is 26.0 Å². The highest BCUT2D eigenvalue weighted by Crippen LogP contribution is 2.14. The van der Waals surface area contributed by atoms with Crippen molar-refractivity contribution < 1.29 is 14.3 Å². The zero-order chi connectivity index (χ0) is 19.6. The lowest BCUT2D eigenvalue weighted by Crippen LogP contribution is -2.51. The molecule has 1 aromatic carbocycles. The second-order valence-electron chi connectivity index (χ2n) is 6.79. The van der Waals surface area contributed by atoms with E-state index < -0.39 is 0 Å². The first-order chi connectivity index (χ1) is 13.1. The van der Waals surface area contributed by atoms with Crippen LogP contribution in [-0.2, 0) is 16.0 Å². The minimum absolute atomic E-state index is 0.120. The van der Waals surface area contributed by atoms with Gasteiger partial charge in [0.15, 0.2) is 0 Å². The van der Waals surface area contributed by atoms with Gasteiger partial charge in [-0.05, 0) is 37.7 Å². The number of amides is 2. The fourth-order valence-corrected chi connectivity index (χ4v) is 3.31. The Hall–Kier alpha value is -2.08. The largest absolute Gasteiger partial charge is 0.494 e. The highest BCUT2D eigenvalue weighted by atomic mass is 16.5. The fraction of sp³-hybridized carbons (Fsp3) is 0.619. The van der Waals surface area contributed by atoms with Gasteiger partial charge < -0.3 is 19.4 Å². The van der Waals surface area contributed by atoms with Crippen molar-refractivity contribution in [2.75, 3.05) is 52.4 Å². The maximum atomic E-state index is 12.5. The molecule has 1 aromatic rings. The van der Waals surface area contributed by atoms with E-state index in [1.54, 1.807) is 0 Å². The monoisotopic (exact) mass is 375 g/mol. The molecule has 0 N–H and O–H groups in total. The summed E-state index contributed by atoms with van der Waals surface area (Å²) in [5, 5.41) is 0. The van der Waals surface area contributed by atoms with Crippen molar-refractivity contribution in [1.82, 2.24) is 14.7 Å². The highest BCUT2D eigenvalue weighted by Gasteiger charge is 2.24. The Kier molecular flexibility index (Phi) is 8.58. The Labute approximate surface area is 163 Å². The first-order valence-electron chi connectivity index (χ1n) is 10.1. The fourth-order valence-electron chi connectivity index (χ4n) is 3.31. The Morgan fingerprint density at radius 2 is 1.48 bits per heavy atom. The summed E-state index contributed by atoms with van der Waals surface area (Å²) in [6.07, 6.45) is 0.949. The molecule has 0 spiro atoms. The number of nitrogens with zero attached hydrogens (tertiary/aromatic N) is 3. The van der Waals surface area contributed by atoms with Crippen LogP contribution in [0.15, 0.2) is 24.3 Å². The number of hydrogen-bond donors (Lipinski definition) is 0. The Morgan fingerprint density at radius 1 is 0.926 bits per heavy atom. The smallest absolute Gasteiger partial charge is 0.227 e. The van der Waals surface area contributed by atoms with E-state index in [4.69, 9.17) is 4.74 Å². The maximum absolute atomic E-state index is 12.5. The molecule has 1 fully saturated rings. The van der Waals surface area contributed by atoms with E-state index in [9.17, 15) is 9.59 Å². The van der Waals surface area contributed by atoms with Gasteiger partial charge in [-0.2, -0.15) is 0 Å². The van der Waals surface area contributed by atoms with Crippen LogP contribution in [0.3, 0.4) is 0 Å². The van der Waals surface area contributed by atoms with Gasteiger partial charge in [0.05, 0.1) is 13.0 Å². The summed E-state index contributed by atoms with van der Waals surface area (Å²) in [5.41, 5.74) is 0.987. The molecule has 0 radical (unpaired) electrons. The van der Waals surface area contributed by atoms with Crippen LogP contribution in [0.2, 0.25) is 0 Å². The van der Waals surface area contributed by atoms with Crippen LogP contribution in [0.4, 0.5) is 0 Å². The third kappa shape index (κ3) is 6.54. The van der Waals surface area contributed by atoms with Crippen LogP contribution in [0.25, 0.3) is 0 Å². The van der Waals surface area contributed by atoms with Gasteiger partial charge >= 0.3 is 0 Å². The Bertz CT molecular complexity index is 591. The lowest BCUT2D eigenvalue weighted by Gasteiger charge is -2.35. The average molecular weight is 376 g/mol. The number of rotatable bonds is 9. The van der Waals surface area contributed by atoms with Gasteiger partial charge in [0, 0.05) is 39.1 Å². The summed E-state index contributed by atoms with van der Waals surface area (Å²) in [5.74, 6) is 1.14. The van der Waals surface area contributed by atoms with Gasteiger partial charge in [0.2, 0.25) is 11.8 Å². The molecule has 1 saturated heterocycles. The number of benzene rings is 1. The van der Waals surface area contributed by atoms with Gasteiger partial charge in [-0.3, -0.25) is 9.59 Å². The topological polar surface area (TPSA) is 53.1 Å². The van der Waals surface area contributed by atoms with E-state index in [0.29, 0.717) is 45.6 Å². The summed E-state index contributed by atoms with van der Waals surface area (Å²) >= 11 is 0. The molecule has 0 atom stereocenters. The van der Waals surface area contributed by atoms with Gasteiger partial charge in [-0.15, -0.1) is 0 Å². The zero-order valence-electron chi connectivity index (χ0n) is 16.9. The Morgan fingerprint density at radius 3 is 2.00 bits per heavy atom. The van der Waals surface area contributed by atoms with Crippen molar-refractivity contribution in [2.24, 2.45) is 0 Å². The second kappa shape index (κ2) is 10.9. The quantitative estimate of drug-likeness (QED) is 0.663. The summed E-state index contributed by atoms with van der Waals surface area (Å²) in [6.45, 7) is 12.1. The third-order valence-electron chi connectivity index (χ3n) is 5.11. The molecule has 0 saturated carbocycles. The van der Waals surface area contributed by atoms with Crippen molar-refractivity contribution in [1.29, 1.82) is 0 Å². The predicted octanol–water partition coefficient (Wildman–Crippen LogP) is 2.03. The maximum Gasteiger partial charge on any atom is 0.227 e. The van der Waals surface area contributed by atoms with Crippen LogP contribution in [-0.4, -0.2) is 78.9 Å². The molecular formula is C21H33N3O3. The van der Waals surface area contributed by atoms with E-state index >= 15 is 0 Å². The van der Waals surface area contributed by atoms with Crippen LogP contribution < -0.4 is 4.74 Å². The van der Waals surface area contributed by atoms with Gasteiger partial charge in [0.25, 0.3) is 0 Å². The molecular weight excluding hydrogens is 342 g/mol. The van der Waals surface area contributed by atoms with E-state index in [-0.39, 0.29) is 11.8 Å². The molecule has 2 amide bonds. The molecule has 0 aromatic heterocycles. The van der Waals surface area contributed by atoms with Crippen LogP contribution in [0.1, 0.15) is 32.8 Å². The molecule has 27 heavy (non-hydrogen) atoms. The van der Waals surface area contributed by atoms with Crippen molar-refractivity contribution >= 4 is 11.8 Å². The minimum Gasteiger partial charge on any atom is -0.494 e. The molecule has 2 rings (SSSR count). The standard InChI is InChI=1S/C21H33N3O3/c1-4-22(5-2)12-11-20(25)23-13-15-24(16-14-23)21(26)17-18-7-9-19(10-8-18)27-6-3/h7-10H,4-6,11-17H2,1-3H3. The molecule has 1 aliphatic heterocycles. The first-order valence-corrected chi connectivity index (χ1v) is 10.1. The van der Waals surface area contributed by atoms with Gasteiger partial charge in [0.1, 0.15) is 5.75 Å². The van der Waals surface area contributed by atoms with Crippen LogP contribution in [0, 0.1) is 0 Å². The molecule has 6 nitrogen and oxygen atoms in total. The molecule has 1 heterocycles. The second-order valence-corrected chi connectivity index (χ2v) is 6.79. The Balaban J connectivity index is 1.75. The van der Waals surface area contributed by atoms with E-state index in [1.165, 1.54) is 0 Å². The summed E-state index contributed by atoms with van der Waals surface area (Å²) in [7, 11) is 0. The number of hydrogen-bond acceptors (Lipinski definition) is 4. The van der Waals surface area contributed by atoms with Crippen molar-refractivity contribution in [3.63, 3.8) is 0 Å². The van der Waals surface area contributed by atoms with E-state index in [0.717, 1.165) is 30.9 Å². The minimum atomic E-state index is 0.120. The lowest BCUT2D eigenvalue weighted by molar-refractivity contribution is -0.139. The number of ether oxygens (including phenoxy) is 1. The van der Waals surface area contributed by atoms with E-state index in [2.05, 4.69) is 18.7 Å². The molecule has 150 valence electrons. The zero-order valence-corrected chi connectivity index (χ0v) is 16.9. The first kappa shape index (κ1) is 21.2. The predicted molar refractivity (Wildman–Crippen MR) is 107 cm³/mol. The highest BCUT2D eigenvalue weighted by molar-refractivity contribution is 5.80. The van der Waals surface area contributed by atoms with Crippen LogP contribution >= 0.6 is 0 Å². The summed E-state index contributed by atoms with van der Waals surface area (Å²) in [4.78, 5) is 30.9. The number of carbonyl (C=O) groups is 2. The summed E-state index contributed by atoms with van der Waals surface area (Å²) in [6, 6.07) is 7.68. The van der Waals surface area contributed by atoms with Crippen LogP contribution in [0.5, 0.6) is 5.75 Å². The SMILES string of the molecule is CCOc1ccc(CC(=O)N2CCN(C(=O)CCN(CC)CC)CC2)cc1. The van der Waals surface area contributed by atoms with Crippen molar-refractivity contribution in [2.45, 2.75) is 33.6 Å². The molecule has 0 bridgehead atoms. The third-order valence-corrected chi connectivity index (χ3v) is 5.11.